The summed E-state index contributed by atoms with van der Waals surface area (Å²) in [4.78, 5) is 10.6. The van der Waals surface area contributed by atoms with Crippen molar-refractivity contribution in [3.05, 3.63) is 36.7 Å². The van der Waals surface area contributed by atoms with Crippen molar-refractivity contribution in [1.29, 1.82) is 0 Å². The average molecular weight is 405 g/mol. The molecule has 0 bridgehead atoms. The molecule has 0 saturated carbocycles. The summed E-state index contributed by atoms with van der Waals surface area (Å²) in [5.41, 5.74) is 5.12. The lowest BCUT2D eigenvalue weighted by Crippen LogP contribution is -2.09. The lowest BCUT2D eigenvalue weighted by Gasteiger charge is -2.03. The quantitative estimate of drug-likeness (QED) is 0.230. The number of hydrogen-bond acceptors (Lipinski definition) is 2. The summed E-state index contributed by atoms with van der Waals surface area (Å²) in [5, 5.41) is 2.92. The van der Waals surface area contributed by atoms with Crippen LogP contribution in [0.3, 0.4) is 0 Å². The van der Waals surface area contributed by atoms with E-state index in [1.54, 1.807) is 0 Å². The first-order chi connectivity index (χ1) is 14.3. The molecule has 1 aliphatic rings. The fourth-order valence-electron chi connectivity index (χ4n) is 3.43. The van der Waals surface area contributed by atoms with E-state index in [9.17, 15) is 4.79 Å². The summed E-state index contributed by atoms with van der Waals surface area (Å²) in [5.74, 6) is -0.152. The maximum Gasteiger partial charge on any atom is 0.217 e. The van der Waals surface area contributed by atoms with Crippen LogP contribution in [0.1, 0.15) is 122 Å². The Kier molecular flexibility index (Phi) is 23.3. The largest absolute Gasteiger partial charge is 0.370 e. The maximum atomic E-state index is 10.6. The van der Waals surface area contributed by atoms with E-state index in [1.165, 1.54) is 103 Å². The molecule has 1 aliphatic heterocycles. The third-order valence-corrected chi connectivity index (χ3v) is 5.24. The van der Waals surface area contributed by atoms with Crippen molar-refractivity contribution in [3.8, 4) is 0 Å². The average Bonchev–Trinajstić information content (AvgIpc) is 3.04. The number of allylic oxidation sites excluding steroid dienone is 4. The standard InChI is InChI=1S/C20H41NO.C6H7N/c1-2-3-4-5-6-7-8-9-10-11-12-13-14-15-16-17-18-19-20(21)22;1-2-4-6-7-5-3-1/h2-19H2,1H3,(H2,21,22);1-7H. The molecule has 3 N–H and O–H groups in total. The molecule has 0 unspecified atom stereocenters. The normalized spacial score (nSPS) is 12.2. The van der Waals surface area contributed by atoms with Crippen molar-refractivity contribution in [2.24, 2.45) is 5.73 Å². The predicted molar refractivity (Wildman–Crippen MR) is 129 cm³/mol. The fraction of sp³-hybridized carbons (Fsp3) is 0.731. The molecule has 0 atom stereocenters. The second kappa shape index (κ2) is 24.5. The lowest BCUT2D eigenvalue weighted by molar-refractivity contribution is -0.118. The third-order valence-electron chi connectivity index (χ3n) is 5.24. The summed E-state index contributed by atoms with van der Waals surface area (Å²) < 4.78 is 0. The van der Waals surface area contributed by atoms with Gasteiger partial charge in [-0.1, -0.05) is 122 Å². The van der Waals surface area contributed by atoms with Crippen molar-refractivity contribution >= 4 is 5.91 Å². The number of carbonyl (C=O) groups is 1. The molecule has 0 aromatic heterocycles. The molecule has 0 aromatic carbocycles. The Morgan fingerprint density at radius 2 is 0.931 bits per heavy atom. The van der Waals surface area contributed by atoms with Gasteiger partial charge in [0.2, 0.25) is 5.91 Å². The Balaban J connectivity index is 0.000000929. The minimum atomic E-state index is -0.152. The summed E-state index contributed by atoms with van der Waals surface area (Å²) in [6, 6.07) is 0. The van der Waals surface area contributed by atoms with Gasteiger partial charge in [0, 0.05) is 18.8 Å². The first-order valence-electron chi connectivity index (χ1n) is 12.3. The Morgan fingerprint density at radius 1 is 0.586 bits per heavy atom. The summed E-state index contributed by atoms with van der Waals surface area (Å²) in [7, 11) is 0. The van der Waals surface area contributed by atoms with Crippen molar-refractivity contribution < 1.29 is 4.79 Å². The van der Waals surface area contributed by atoms with E-state index in [0.29, 0.717) is 6.42 Å². The number of unbranched alkanes of at least 4 members (excludes halogenated alkanes) is 16. The highest BCUT2D eigenvalue weighted by molar-refractivity contribution is 5.73. The Labute approximate surface area is 181 Å². The minimum absolute atomic E-state index is 0.152. The van der Waals surface area contributed by atoms with Gasteiger partial charge in [-0.2, -0.15) is 0 Å². The molecule has 0 aliphatic carbocycles. The third kappa shape index (κ3) is 26.5. The number of rotatable bonds is 18. The van der Waals surface area contributed by atoms with E-state index >= 15 is 0 Å². The molecule has 0 radical (unpaired) electrons. The second-order valence-corrected chi connectivity index (χ2v) is 8.14. The number of primary amides is 1. The highest BCUT2D eigenvalue weighted by Crippen LogP contribution is 2.14. The van der Waals surface area contributed by atoms with Crippen LogP contribution >= 0.6 is 0 Å². The Bertz CT molecular complexity index is 412. The van der Waals surface area contributed by atoms with E-state index < -0.39 is 0 Å². The monoisotopic (exact) mass is 404 g/mol. The molecule has 0 aromatic rings. The highest BCUT2D eigenvalue weighted by Gasteiger charge is 1.96. The van der Waals surface area contributed by atoms with Gasteiger partial charge < -0.3 is 11.1 Å². The molecule has 3 nitrogen and oxygen atoms in total. The van der Waals surface area contributed by atoms with Gasteiger partial charge >= 0.3 is 0 Å². The van der Waals surface area contributed by atoms with E-state index in [4.69, 9.17) is 5.73 Å². The van der Waals surface area contributed by atoms with Crippen LogP contribution in [0.15, 0.2) is 36.7 Å². The predicted octanol–water partition coefficient (Wildman–Crippen LogP) is 7.69. The van der Waals surface area contributed by atoms with E-state index in [1.807, 2.05) is 36.7 Å². The zero-order chi connectivity index (χ0) is 21.3. The van der Waals surface area contributed by atoms with Crippen LogP contribution in [0.5, 0.6) is 0 Å². The smallest absolute Gasteiger partial charge is 0.217 e. The molecule has 3 heteroatoms. The van der Waals surface area contributed by atoms with Crippen LogP contribution < -0.4 is 11.1 Å². The molecule has 168 valence electrons. The molecule has 1 amide bonds. The Morgan fingerprint density at radius 3 is 1.28 bits per heavy atom. The molecule has 0 fully saturated rings. The van der Waals surface area contributed by atoms with E-state index in [2.05, 4.69) is 12.2 Å². The number of carbonyl (C=O) groups excluding carboxylic acids is 1. The lowest BCUT2D eigenvalue weighted by atomic mass is 10.0. The van der Waals surface area contributed by atoms with E-state index in [0.717, 1.165) is 6.42 Å². The van der Waals surface area contributed by atoms with Crippen LogP contribution in [0.25, 0.3) is 0 Å². The highest BCUT2D eigenvalue weighted by atomic mass is 16.1. The Hall–Kier alpha value is -1.51. The van der Waals surface area contributed by atoms with Gasteiger partial charge in [0.05, 0.1) is 0 Å². The molecule has 0 saturated heterocycles. The molecule has 29 heavy (non-hydrogen) atoms. The van der Waals surface area contributed by atoms with Gasteiger partial charge in [0.15, 0.2) is 0 Å². The topological polar surface area (TPSA) is 55.1 Å². The second-order valence-electron chi connectivity index (χ2n) is 8.14. The summed E-state index contributed by atoms with van der Waals surface area (Å²) in [6.45, 7) is 2.28. The fourth-order valence-corrected chi connectivity index (χ4v) is 3.43. The van der Waals surface area contributed by atoms with Gasteiger partial charge in [0.1, 0.15) is 0 Å². The number of nitrogens with one attached hydrogen (secondary N) is 1. The number of hydrogen-bond donors (Lipinski definition) is 2. The summed E-state index contributed by atoms with van der Waals surface area (Å²) in [6.07, 6.45) is 35.4. The van der Waals surface area contributed by atoms with Gasteiger partial charge in [0.25, 0.3) is 0 Å². The molecular formula is C26H48N2O. The number of amides is 1. The molecular weight excluding hydrogens is 356 g/mol. The zero-order valence-corrected chi connectivity index (χ0v) is 19.2. The van der Waals surface area contributed by atoms with Crippen LogP contribution in [-0.4, -0.2) is 5.91 Å². The molecule has 1 heterocycles. The molecule has 1 rings (SSSR count). The van der Waals surface area contributed by atoms with Crippen molar-refractivity contribution in [2.45, 2.75) is 122 Å². The van der Waals surface area contributed by atoms with Crippen LogP contribution in [0, 0.1) is 0 Å². The first-order valence-corrected chi connectivity index (χ1v) is 12.3. The number of nitrogens with two attached hydrogens (primary N) is 1. The van der Waals surface area contributed by atoms with Crippen molar-refractivity contribution in [2.75, 3.05) is 0 Å². The molecule has 0 spiro atoms. The first kappa shape index (κ1) is 27.5. The van der Waals surface area contributed by atoms with Crippen LogP contribution in [-0.2, 0) is 4.79 Å². The van der Waals surface area contributed by atoms with Gasteiger partial charge in [-0.05, 0) is 18.6 Å². The zero-order valence-electron chi connectivity index (χ0n) is 19.2. The van der Waals surface area contributed by atoms with Gasteiger partial charge in [-0.25, -0.2) is 0 Å². The SMILES string of the molecule is C1=CC=CNC=C1.CCCCCCCCCCCCCCCCCCCC(N)=O. The van der Waals surface area contributed by atoms with Crippen molar-refractivity contribution in [3.63, 3.8) is 0 Å². The minimum Gasteiger partial charge on any atom is -0.370 e. The van der Waals surface area contributed by atoms with Crippen LogP contribution in [0.2, 0.25) is 0 Å². The maximum absolute atomic E-state index is 10.6. The summed E-state index contributed by atoms with van der Waals surface area (Å²) >= 11 is 0. The van der Waals surface area contributed by atoms with E-state index in [-0.39, 0.29) is 5.91 Å². The van der Waals surface area contributed by atoms with Gasteiger partial charge in [-0.15, -0.1) is 0 Å². The van der Waals surface area contributed by atoms with Crippen LogP contribution in [0.4, 0.5) is 0 Å². The van der Waals surface area contributed by atoms with Crippen molar-refractivity contribution in [1.82, 2.24) is 5.32 Å². The van der Waals surface area contributed by atoms with Gasteiger partial charge in [-0.3, -0.25) is 4.79 Å².